The van der Waals surface area contributed by atoms with Crippen LogP contribution < -0.4 is 10.6 Å². The second kappa shape index (κ2) is 6.39. The number of hydrogen-bond acceptors (Lipinski definition) is 3. The number of carboxylic acids is 1. The Morgan fingerprint density at radius 1 is 1.00 bits per heavy atom. The smallest absolute Gasteiger partial charge is 0.307 e. The first-order chi connectivity index (χ1) is 9.97. The van der Waals surface area contributed by atoms with E-state index in [-0.39, 0.29) is 11.8 Å². The Hall–Kier alpha value is -2.37. The van der Waals surface area contributed by atoms with Crippen LogP contribution in [0.2, 0.25) is 0 Å². The summed E-state index contributed by atoms with van der Waals surface area (Å²) in [7, 11) is 0. The van der Waals surface area contributed by atoms with Gasteiger partial charge in [0.05, 0.1) is 11.8 Å². The van der Waals surface area contributed by atoms with Gasteiger partial charge in [-0.1, -0.05) is 6.42 Å². The number of benzene rings is 1. The fourth-order valence-electron chi connectivity index (χ4n) is 2.64. The van der Waals surface area contributed by atoms with Crippen LogP contribution in [-0.2, 0) is 14.4 Å². The van der Waals surface area contributed by atoms with Crippen LogP contribution in [0.25, 0.3) is 0 Å². The zero-order chi connectivity index (χ0) is 15.4. The number of nitrogens with one attached hydrogen (secondary N) is 2. The fraction of sp³-hybridized carbons (Fsp3) is 0.400. The summed E-state index contributed by atoms with van der Waals surface area (Å²) in [4.78, 5) is 34.2. The summed E-state index contributed by atoms with van der Waals surface area (Å²) in [6, 6.07) is 6.71. The summed E-state index contributed by atoms with van der Waals surface area (Å²) in [6.45, 7) is 1.42. The molecule has 1 aliphatic rings. The molecular formula is C15H18N2O4. The SMILES string of the molecule is CC(=O)Nc1ccc(NC(=O)C2CCCC2C(=O)O)cc1. The van der Waals surface area contributed by atoms with Gasteiger partial charge in [0, 0.05) is 18.3 Å². The van der Waals surface area contributed by atoms with Gasteiger partial charge in [0.2, 0.25) is 11.8 Å². The lowest BCUT2D eigenvalue weighted by Crippen LogP contribution is -2.29. The molecule has 1 aliphatic carbocycles. The third-order valence-corrected chi connectivity index (χ3v) is 3.64. The molecule has 2 unspecified atom stereocenters. The highest BCUT2D eigenvalue weighted by Crippen LogP contribution is 2.32. The fourth-order valence-corrected chi connectivity index (χ4v) is 2.64. The van der Waals surface area contributed by atoms with E-state index in [0.717, 1.165) is 6.42 Å². The molecule has 2 atom stereocenters. The van der Waals surface area contributed by atoms with Crippen LogP contribution in [0.15, 0.2) is 24.3 Å². The number of amides is 2. The molecule has 1 aromatic carbocycles. The third-order valence-electron chi connectivity index (χ3n) is 3.64. The number of carbonyl (C=O) groups excluding carboxylic acids is 2. The Labute approximate surface area is 122 Å². The molecule has 0 aliphatic heterocycles. The molecule has 112 valence electrons. The number of carboxylic acid groups (broad SMARTS) is 1. The number of rotatable bonds is 4. The van der Waals surface area contributed by atoms with E-state index < -0.39 is 17.8 Å². The average Bonchev–Trinajstić information content (AvgIpc) is 2.90. The molecule has 2 amide bonds. The molecule has 6 nitrogen and oxygen atoms in total. The monoisotopic (exact) mass is 290 g/mol. The molecule has 0 spiro atoms. The summed E-state index contributed by atoms with van der Waals surface area (Å²) >= 11 is 0. The van der Waals surface area contributed by atoms with E-state index in [4.69, 9.17) is 5.11 Å². The molecule has 1 saturated carbocycles. The van der Waals surface area contributed by atoms with Gasteiger partial charge in [-0.2, -0.15) is 0 Å². The van der Waals surface area contributed by atoms with Crippen LogP contribution in [0, 0.1) is 11.8 Å². The molecule has 1 fully saturated rings. The summed E-state index contributed by atoms with van der Waals surface area (Å²) < 4.78 is 0. The van der Waals surface area contributed by atoms with Crippen LogP contribution >= 0.6 is 0 Å². The maximum Gasteiger partial charge on any atom is 0.307 e. The molecule has 2 rings (SSSR count). The summed E-state index contributed by atoms with van der Waals surface area (Å²) in [5.41, 5.74) is 1.23. The van der Waals surface area contributed by atoms with E-state index in [1.807, 2.05) is 0 Å². The van der Waals surface area contributed by atoms with Crippen LogP contribution in [-0.4, -0.2) is 22.9 Å². The zero-order valence-electron chi connectivity index (χ0n) is 11.8. The quantitative estimate of drug-likeness (QED) is 0.791. The van der Waals surface area contributed by atoms with Gasteiger partial charge in [-0.15, -0.1) is 0 Å². The lowest BCUT2D eigenvalue weighted by atomic mass is 9.95. The molecule has 21 heavy (non-hydrogen) atoms. The van der Waals surface area contributed by atoms with Crippen LogP contribution in [0.5, 0.6) is 0 Å². The van der Waals surface area contributed by atoms with Crippen molar-refractivity contribution in [2.24, 2.45) is 11.8 Å². The molecule has 0 aromatic heterocycles. The normalized spacial score (nSPS) is 20.8. The zero-order valence-corrected chi connectivity index (χ0v) is 11.8. The van der Waals surface area contributed by atoms with Crippen molar-refractivity contribution in [3.05, 3.63) is 24.3 Å². The van der Waals surface area contributed by atoms with Crippen molar-refractivity contribution in [1.29, 1.82) is 0 Å². The van der Waals surface area contributed by atoms with Gasteiger partial charge in [-0.05, 0) is 37.1 Å². The summed E-state index contributed by atoms with van der Waals surface area (Å²) in [5, 5.41) is 14.5. The molecule has 1 aromatic rings. The topological polar surface area (TPSA) is 95.5 Å². The highest BCUT2D eigenvalue weighted by Gasteiger charge is 2.37. The Kier molecular flexibility index (Phi) is 4.57. The van der Waals surface area contributed by atoms with Crippen molar-refractivity contribution < 1.29 is 19.5 Å². The first kappa shape index (κ1) is 15.0. The van der Waals surface area contributed by atoms with E-state index in [1.165, 1.54) is 6.92 Å². The maximum atomic E-state index is 12.1. The van der Waals surface area contributed by atoms with Gasteiger partial charge in [-0.3, -0.25) is 14.4 Å². The van der Waals surface area contributed by atoms with E-state index in [1.54, 1.807) is 24.3 Å². The Balaban J connectivity index is 1.99. The first-order valence-electron chi connectivity index (χ1n) is 6.88. The minimum absolute atomic E-state index is 0.165. The lowest BCUT2D eigenvalue weighted by molar-refractivity contribution is -0.145. The second-order valence-electron chi connectivity index (χ2n) is 5.23. The second-order valence-corrected chi connectivity index (χ2v) is 5.23. The number of carbonyl (C=O) groups is 3. The third kappa shape index (κ3) is 3.81. The average molecular weight is 290 g/mol. The van der Waals surface area contributed by atoms with Crippen LogP contribution in [0.3, 0.4) is 0 Å². The van der Waals surface area contributed by atoms with E-state index in [2.05, 4.69) is 10.6 Å². The first-order valence-corrected chi connectivity index (χ1v) is 6.88. The van der Waals surface area contributed by atoms with Crippen molar-refractivity contribution in [2.45, 2.75) is 26.2 Å². The van der Waals surface area contributed by atoms with E-state index >= 15 is 0 Å². The van der Waals surface area contributed by atoms with Gasteiger partial charge in [-0.25, -0.2) is 0 Å². The largest absolute Gasteiger partial charge is 0.481 e. The van der Waals surface area contributed by atoms with Crippen molar-refractivity contribution >= 4 is 29.2 Å². The molecule has 6 heteroatoms. The molecular weight excluding hydrogens is 272 g/mol. The van der Waals surface area contributed by atoms with Gasteiger partial charge in [0.15, 0.2) is 0 Å². The number of aliphatic carboxylic acids is 1. The van der Waals surface area contributed by atoms with Crippen LogP contribution in [0.1, 0.15) is 26.2 Å². The number of hydrogen-bond donors (Lipinski definition) is 3. The van der Waals surface area contributed by atoms with Crippen molar-refractivity contribution in [3.63, 3.8) is 0 Å². The molecule has 3 N–H and O–H groups in total. The lowest BCUT2D eigenvalue weighted by Gasteiger charge is -2.15. The summed E-state index contributed by atoms with van der Waals surface area (Å²) in [6.07, 6.45) is 1.91. The minimum Gasteiger partial charge on any atom is -0.481 e. The van der Waals surface area contributed by atoms with Crippen molar-refractivity contribution in [3.8, 4) is 0 Å². The van der Waals surface area contributed by atoms with Crippen molar-refractivity contribution in [1.82, 2.24) is 0 Å². The predicted octanol–water partition coefficient (Wildman–Crippen LogP) is 2.08. The Morgan fingerprint density at radius 2 is 1.52 bits per heavy atom. The summed E-state index contributed by atoms with van der Waals surface area (Å²) in [5.74, 6) is -2.40. The minimum atomic E-state index is -0.909. The highest BCUT2D eigenvalue weighted by atomic mass is 16.4. The Bertz CT molecular complexity index is 553. The number of anilines is 2. The highest BCUT2D eigenvalue weighted by molar-refractivity contribution is 5.96. The van der Waals surface area contributed by atoms with Gasteiger partial charge >= 0.3 is 5.97 Å². The molecule has 0 heterocycles. The molecule has 0 bridgehead atoms. The van der Waals surface area contributed by atoms with Gasteiger partial charge in [0.1, 0.15) is 0 Å². The standard InChI is InChI=1S/C15H18N2O4/c1-9(18)16-10-5-7-11(8-6-10)17-14(19)12-3-2-4-13(12)15(20)21/h5-8,12-13H,2-4H2,1H3,(H,16,18)(H,17,19)(H,20,21). The molecule has 0 saturated heterocycles. The Morgan fingerprint density at radius 3 is 2.05 bits per heavy atom. The molecule has 0 radical (unpaired) electrons. The van der Waals surface area contributed by atoms with Gasteiger partial charge in [0.25, 0.3) is 0 Å². The van der Waals surface area contributed by atoms with Crippen molar-refractivity contribution in [2.75, 3.05) is 10.6 Å². The maximum absolute atomic E-state index is 12.1. The van der Waals surface area contributed by atoms with Crippen LogP contribution in [0.4, 0.5) is 11.4 Å². The van der Waals surface area contributed by atoms with E-state index in [9.17, 15) is 14.4 Å². The van der Waals surface area contributed by atoms with Gasteiger partial charge < -0.3 is 15.7 Å². The predicted molar refractivity (Wildman–Crippen MR) is 77.8 cm³/mol. The van der Waals surface area contributed by atoms with E-state index in [0.29, 0.717) is 24.2 Å².